The first kappa shape index (κ1) is 25.4. The SMILES string of the molecule is Cc1c(C(O)=C2C(=O)C(=O)N(CCN(C)C)C2c2ccc(C(C)(C)C)cc2)cnn1-c1ccccc1. The van der Waals surface area contributed by atoms with Crippen LogP contribution >= 0.6 is 0 Å². The minimum atomic E-state index is -0.682. The van der Waals surface area contributed by atoms with Gasteiger partial charge in [0.25, 0.3) is 11.7 Å². The third-order valence-electron chi connectivity index (χ3n) is 6.69. The highest BCUT2D eigenvalue weighted by Gasteiger charge is 2.46. The quantitative estimate of drug-likeness (QED) is 0.316. The number of aliphatic hydroxyl groups excluding tert-OH is 1. The fourth-order valence-electron chi connectivity index (χ4n) is 4.55. The van der Waals surface area contributed by atoms with Crippen molar-refractivity contribution in [2.24, 2.45) is 0 Å². The lowest BCUT2D eigenvalue weighted by Gasteiger charge is -2.27. The average molecular weight is 487 g/mol. The summed E-state index contributed by atoms with van der Waals surface area (Å²) in [6, 6.07) is 16.9. The van der Waals surface area contributed by atoms with Crippen molar-refractivity contribution in [1.29, 1.82) is 0 Å². The summed E-state index contributed by atoms with van der Waals surface area (Å²) in [5.74, 6) is -1.48. The average Bonchev–Trinajstić information content (AvgIpc) is 3.34. The van der Waals surface area contributed by atoms with Gasteiger partial charge in [0, 0.05) is 13.1 Å². The van der Waals surface area contributed by atoms with Crippen molar-refractivity contribution in [3.63, 3.8) is 0 Å². The molecule has 0 radical (unpaired) electrons. The highest BCUT2D eigenvalue weighted by Crippen LogP contribution is 2.40. The van der Waals surface area contributed by atoms with Gasteiger partial charge in [-0.25, -0.2) is 4.68 Å². The van der Waals surface area contributed by atoms with E-state index in [4.69, 9.17) is 0 Å². The van der Waals surface area contributed by atoms with E-state index in [0.29, 0.717) is 24.3 Å². The minimum Gasteiger partial charge on any atom is -0.507 e. The lowest BCUT2D eigenvalue weighted by atomic mass is 9.85. The molecule has 3 aromatic rings. The Morgan fingerprint density at radius 1 is 1.03 bits per heavy atom. The van der Waals surface area contributed by atoms with Crippen LogP contribution in [0.5, 0.6) is 0 Å². The largest absolute Gasteiger partial charge is 0.507 e. The third-order valence-corrected chi connectivity index (χ3v) is 6.69. The third kappa shape index (κ3) is 4.71. The molecule has 1 atom stereocenters. The molecular formula is C29H34N4O3. The second-order valence-corrected chi connectivity index (χ2v) is 10.6. The van der Waals surface area contributed by atoms with Gasteiger partial charge in [0.1, 0.15) is 5.76 Å². The van der Waals surface area contributed by atoms with Crippen molar-refractivity contribution in [3.05, 3.63) is 88.8 Å². The van der Waals surface area contributed by atoms with Gasteiger partial charge < -0.3 is 14.9 Å². The van der Waals surface area contributed by atoms with Gasteiger partial charge >= 0.3 is 0 Å². The Bertz CT molecular complexity index is 1300. The highest BCUT2D eigenvalue weighted by atomic mass is 16.3. The zero-order chi connectivity index (χ0) is 26.2. The molecule has 1 N–H and O–H groups in total. The fraction of sp³-hybridized carbons (Fsp3) is 0.345. The van der Waals surface area contributed by atoms with Crippen LogP contribution in [0.2, 0.25) is 0 Å². The molecule has 7 nitrogen and oxygen atoms in total. The van der Waals surface area contributed by atoms with E-state index in [2.05, 4.69) is 25.9 Å². The maximum absolute atomic E-state index is 13.3. The second-order valence-electron chi connectivity index (χ2n) is 10.6. The van der Waals surface area contributed by atoms with Crippen molar-refractivity contribution in [2.45, 2.75) is 39.2 Å². The lowest BCUT2D eigenvalue weighted by Crippen LogP contribution is -2.35. The van der Waals surface area contributed by atoms with Crippen LogP contribution in [0.3, 0.4) is 0 Å². The standard InChI is InChI=1S/C29H34N4O3/c1-19-23(18-30-33(19)22-10-8-7-9-11-22)26(34)24-25(20-12-14-21(15-13-20)29(2,3)4)32(17-16-31(5)6)28(36)27(24)35/h7-15,18,25,34H,16-17H2,1-6H3. The van der Waals surface area contributed by atoms with Crippen molar-refractivity contribution in [1.82, 2.24) is 19.6 Å². The number of likely N-dealkylation sites (N-methyl/N-ethyl adjacent to an activating group) is 1. The molecule has 7 heteroatoms. The van der Waals surface area contributed by atoms with E-state index in [9.17, 15) is 14.7 Å². The number of carbonyl (C=O) groups excluding carboxylic acids is 2. The van der Waals surface area contributed by atoms with Gasteiger partial charge in [0.05, 0.1) is 34.8 Å². The lowest BCUT2D eigenvalue weighted by molar-refractivity contribution is -0.140. The molecular weight excluding hydrogens is 452 g/mol. The molecule has 1 fully saturated rings. The van der Waals surface area contributed by atoms with E-state index in [-0.39, 0.29) is 16.7 Å². The molecule has 36 heavy (non-hydrogen) atoms. The van der Waals surface area contributed by atoms with E-state index in [1.54, 1.807) is 15.8 Å². The predicted octanol–water partition coefficient (Wildman–Crippen LogP) is 4.46. The van der Waals surface area contributed by atoms with Gasteiger partial charge in [0.2, 0.25) is 0 Å². The number of likely N-dealkylation sites (tertiary alicyclic amines) is 1. The number of benzene rings is 2. The summed E-state index contributed by atoms with van der Waals surface area (Å²) in [5, 5.41) is 15.9. The first-order valence-electron chi connectivity index (χ1n) is 12.1. The maximum Gasteiger partial charge on any atom is 0.295 e. The first-order valence-corrected chi connectivity index (χ1v) is 12.1. The molecule has 0 saturated carbocycles. The van der Waals surface area contributed by atoms with E-state index >= 15 is 0 Å². The number of Topliss-reactive ketones (excluding diaryl/α,β-unsaturated/α-hetero) is 1. The topological polar surface area (TPSA) is 78.7 Å². The summed E-state index contributed by atoms with van der Waals surface area (Å²) in [6.07, 6.45) is 1.55. The van der Waals surface area contributed by atoms with E-state index in [1.165, 1.54) is 0 Å². The number of rotatable bonds is 6. The van der Waals surface area contributed by atoms with Gasteiger partial charge in [-0.1, -0.05) is 63.2 Å². The minimum absolute atomic E-state index is 0.0333. The van der Waals surface area contributed by atoms with Gasteiger partial charge in [-0.3, -0.25) is 9.59 Å². The molecule has 1 unspecified atom stereocenters. The number of carbonyl (C=O) groups is 2. The smallest absolute Gasteiger partial charge is 0.295 e. The molecule has 1 saturated heterocycles. The first-order chi connectivity index (χ1) is 17.0. The van der Waals surface area contributed by atoms with Crippen molar-refractivity contribution < 1.29 is 14.7 Å². The van der Waals surface area contributed by atoms with Crippen LogP contribution in [0, 0.1) is 6.92 Å². The van der Waals surface area contributed by atoms with Crippen LogP contribution < -0.4 is 0 Å². The number of aromatic nitrogens is 2. The normalized spacial score (nSPS) is 17.9. The van der Waals surface area contributed by atoms with Crippen LogP contribution in [0.1, 0.15) is 49.2 Å². The summed E-state index contributed by atoms with van der Waals surface area (Å²) < 4.78 is 1.71. The van der Waals surface area contributed by atoms with Gasteiger partial charge in [-0.15, -0.1) is 0 Å². The molecule has 4 rings (SSSR count). The van der Waals surface area contributed by atoms with Crippen LogP contribution in [0.4, 0.5) is 0 Å². The summed E-state index contributed by atoms with van der Waals surface area (Å²) in [5.41, 5.74) is 3.95. The fourth-order valence-corrected chi connectivity index (χ4v) is 4.55. The molecule has 2 heterocycles. The number of nitrogens with zero attached hydrogens (tertiary/aromatic N) is 4. The van der Waals surface area contributed by atoms with Crippen LogP contribution in [0.25, 0.3) is 11.4 Å². The Morgan fingerprint density at radius 2 is 1.67 bits per heavy atom. The Morgan fingerprint density at radius 3 is 2.25 bits per heavy atom. The second kappa shape index (κ2) is 9.74. The Labute approximate surface area is 212 Å². The zero-order valence-corrected chi connectivity index (χ0v) is 21.8. The number of amides is 1. The number of para-hydroxylation sites is 1. The van der Waals surface area contributed by atoms with E-state index in [1.807, 2.05) is 80.5 Å². The molecule has 188 valence electrons. The van der Waals surface area contributed by atoms with Gasteiger partial charge in [-0.05, 0) is 49.7 Å². The summed E-state index contributed by atoms with van der Waals surface area (Å²) in [7, 11) is 3.84. The molecule has 1 aliphatic rings. The summed E-state index contributed by atoms with van der Waals surface area (Å²) >= 11 is 0. The molecule has 1 amide bonds. The van der Waals surface area contributed by atoms with Crippen LogP contribution in [-0.4, -0.2) is 63.6 Å². The Hall–Kier alpha value is -3.71. The predicted molar refractivity (Wildman–Crippen MR) is 141 cm³/mol. The molecule has 0 aliphatic carbocycles. The summed E-state index contributed by atoms with van der Waals surface area (Å²) in [6.45, 7) is 9.20. The zero-order valence-electron chi connectivity index (χ0n) is 21.8. The molecule has 0 spiro atoms. The molecule has 2 aromatic carbocycles. The monoisotopic (exact) mass is 486 g/mol. The molecule has 1 aromatic heterocycles. The summed E-state index contributed by atoms with van der Waals surface area (Å²) in [4.78, 5) is 30.0. The number of hydrogen-bond acceptors (Lipinski definition) is 5. The number of hydrogen-bond donors (Lipinski definition) is 1. The Kier molecular flexibility index (Phi) is 6.87. The molecule has 1 aliphatic heterocycles. The van der Waals surface area contributed by atoms with E-state index < -0.39 is 17.7 Å². The number of aliphatic hydroxyl groups is 1. The maximum atomic E-state index is 13.3. The van der Waals surface area contributed by atoms with Crippen molar-refractivity contribution in [3.8, 4) is 5.69 Å². The van der Waals surface area contributed by atoms with Crippen molar-refractivity contribution >= 4 is 17.4 Å². The highest BCUT2D eigenvalue weighted by molar-refractivity contribution is 6.46. The van der Waals surface area contributed by atoms with Crippen molar-refractivity contribution in [2.75, 3.05) is 27.2 Å². The van der Waals surface area contributed by atoms with Gasteiger partial charge in [-0.2, -0.15) is 5.10 Å². The van der Waals surface area contributed by atoms with Gasteiger partial charge in [0.15, 0.2) is 0 Å². The van der Waals surface area contributed by atoms with E-state index in [0.717, 1.165) is 16.8 Å². The molecule has 0 bridgehead atoms. The van der Waals surface area contributed by atoms with Crippen LogP contribution in [-0.2, 0) is 15.0 Å². The van der Waals surface area contributed by atoms with Crippen LogP contribution in [0.15, 0.2) is 66.4 Å². The number of ketones is 1. The Balaban J connectivity index is 1.84.